The SMILES string of the molecule is c1ccc(-c2ccc(-c3cc(-c4ccccc4)nc(-c4ccc(-c5ccc(-c6c7ccccc7cc7c6ccc6ccccc67)cc5)c5ccccc45)n3)cc2)cc1. The Morgan fingerprint density at radius 1 is 0.241 bits per heavy atom. The fraction of sp³-hybridized carbons (Fsp3) is 0. The monoisotopic (exact) mass is 736 g/mol. The first-order valence-electron chi connectivity index (χ1n) is 19.8. The molecule has 0 aliphatic rings. The second-order valence-corrected chi connectivity index (χ2v) is 14.9. The van der Waals surface area contributed by atoms with Crippen molar-refractivity contribution in [1.29, 1.82) is 0 Å². The zero-order valence-corrected chi connectivity index (χ0v) is 31.7. The van der Waals surface area contributed by atoms with Gasteiger partial charge in [-0.2, -0.15) is 0 Å². The van der Waals surface area contributed by atoms with Crippen molar-refractivity contribution in [3.05, 3.63) is 218 Å². The Morgan fingerprint density at radius 2 is 0.724 bits per heavy atom. The molecule has 10 aromatic carbocycles. The van der Waals surface area contributed by atoms with Gasteiger partial charge in [-0.25, -0.2) is 9.97 Å². The van der Waals surface area contributed by atoms with Gasteiger partial charge in [0.05, 0.1) is 11.4 Å². The number of rotatable bonds is 6. The lowest BCUT2D eigenvalue weighted by atomic mass is 9.88. The molecule has 270 valence electrons. The van der Waals surface area contributed by atoms with Gasteiger partial charge >= 0.3 is 0 Å². The summed E-state index contributed by atoms with van der Waals surface area (Å²) < 4.78 is 0. The fourth-order valence-electron chi connectivity index (χ4n) is 8.63. The third-order valence-electron chi connectivity index (χ3n) is 11.5. The van der Waals surface area contributed by atoms with E-state index in [0.717, 1.165) is 38.9 Å². The Bertz CT molecular complexity index is 3300. The molecule has 2 nitrogen and oxygen atoms in total. The van der Waals surface area contributed by atoms with Crippen LogP contribution in [0.2, 0.25) is 0 Å². The van der Waals surface area contributed by atoms with Gasteiger partial charge in [0.15, 0.2) is 5.82 Å². The molecule has 0 saturated heterocycles. The molecular formula is C56H36N2. The second kappa shape index (κ2) is 14.1. The largest absolute Gasteiger partial charge is 0.228 e. The second-order valence-electron chi connectivity index (χ2n) is 14.9. The molecule has 0 saturated carbocycles. The van der Waals surface area contributed by atoms with E-state index in [-0.39, 0.29) is 0 Å². The predicted octanol–water partition coefficient (Wildman–Crippen LogP) is 15.1. The molecule has 0 aliphatic carbocycles. The van der Waals surface area contributed by atoms with E-state index < -0.39 is 0 Å². The quantitative estimate of drug-likeness (QED) is 0.125. The zero-order chi connectivity index (χ0) is 38.4. The van der Waals surface area contributed by atoms with Crippen molar-refractivity contribution < 1.29 is 0 Å². The van der Waals surface area contributed by atoms with E-state index in [4.69, 9.17) is 9.97 Å². The first-order valence-corrected chi connectivity index (χ1v) is 19.8. The normalized spacial score (nSPS) is 11.4. The lowest BCUT2D eigenvalue weighted by Crippen LogP contribution is -1.97. The number of fused-ring (bicyclic) bond motifs is 5. The molecule has 0 aliphatic heterocycles. The Hall–Kier alpha value is -7.68. The van der Waals surface area contributed by atoms with Crippen LogP contribution < -0.4 is 0 Å². The Kier molecular flexibility index (Phi) is 8.19. The topological polar surface area (TPSA) is 25.8 Å². The summed E-state index contributed by atoms with van der Waals surface area (Å²) in [6, 6.07) is 78.2. The summed E-state index contributed by atoms with van der Waals surface area (Å²) in [5, 5.41) is 9.88. The molecule has 0 fully saturated rings. The highest BCUT2D eigenvalue weighted by molar-refractivity contribution is 6.20. The van der Waals surface area contributed by atoms with Crippen molar-refractivity contribution in [2.24, 2.45) is 0 Å². The summed E-state index contributed by atoms with van der Waals surface area (Å²) in [4.78, 5) is 10.5. The molecule has 58 heavy (non-hydrogen) atoms. The van der Waals surface area contributed by atoms with Gasteiger partial charge in [-0.05, 0) is 94.7 Å². The smallest absolute Gasteiger partial charge is 0.161 e. The molecule has 11 rings (SSSR count). The minimum absolute atomic E-state index is 0.706. The van der Waals surface area contributed by atoms with Gasteiger partial charge in [0, 0.05) is 16.7 Å². The van der Waals surface area contributed by atoms with E-state index in [1.807, 2.05) is 12.1 Å². The summed E-state index contributed by atoms with van der Waals surface area (Å²) in [6.07, 6.45) is 0. The Morgan fingerprint density at radius 3 is 1.43 bits per heavy atom. The van der Waals surface area contributed by atoms with Crippen LogP contribution in [0.1, 0.15) is 0 Å². The Labute approximate surface area is 337 Å². The van der Waals surface area contributed by atoms with Gasteiger partial charge in [0.25, 0.3) is 0 Å². The van der Waals surface area contributed by atoms with Gasteiger partial charge in [0.2, 0.25) is 0 Å². The Balaban J connectivity index is 1.02. The molecule has 2 heteroatoms. The van der Waals surface area contributed by atoms with Crippen LogP contribution in [0.5, 0.6) is 0 Å². The maximum Gasteiger partial charge on any atom is 0.161 e. The van der Waals surface area contributed by atoms with Gasteiger partial charge in [-0.15, -0.1) is 0 Å². The van der Waals surface area contributed by atoms with Crippen LogP contribution in [-0.2, 0) is 0 Å². The zero-order valence-electron chi connectivity index (χ0n) is 31.7. The average molecular weight is 737 g/mol. The summed E-state index contributed by atoms with van der Waals surface area (Å²) >= 11 is 0. The van der Waals surface area contributed by atoms with Gasteiger partial charge in [0.1, 0.15) is 0 Å². The van der Waals surface area contributed by atoms with Gasteiger partial charge in [-0.1, -0.05) is 200 Å². The predicted molar refractivity (Wildman–Crippen MR) is 245 cm³/mol. The van der Waals surface area contributed by atoms with Crippen LogP contribution in [-0.4, -0.2) is 9.97 Å². The molecular weight excluding hydrogens is 701 g/mol. The summed E-state index contributed by atoms with van der Waals surface area (Å²) in [5.41, 5.74) is 12.1. The van der Waals surface area contributed by atoms with Crippen molar-refractivity contribution in [1.82, 2.24) is 9.97 Å². The maximum absolute atomic E-state index is 5.26. The molecule has 0 amide bonds. The third kappa shape index (κ3) is 5.91. The van der Waals surface area contributed by atoms with E-state index in [2.05, 4.69) is 206 Å². The van der Waals surface area contributed by atoms with Crippen molar-refractivity contribution in [3.63, 3.8) is 0 Å². The number of hydrogen-bond donors (Lipinski definition) is 0. The first-order chi connectivity index (χ1) is 28.7. The fourth-order valence-corrected chi connectivity index (χ4v) is 8.63. The molecule has 0 unspecified atom stereocenters. The molecule has 0 bridgehead atoms. The van der Waals surface area contributed by atoms with E-state index in [1.54, 1.807) is 0 Å². The van der Waals surface area contributed by atoms with E-state index in [1.165, 1.54) is 65.7 Å². The summed E-state index contributed by atoms with van der Waals surface area (Å²) in [7, 11) is 0. The van der Waals surface area contributed by atoms with Crippen LogP contribution in [0.4, 0.5) is 0 Å². The van der Waals surface area contributed by atoms with E-state index in [0.29, 0.717) is 5.82 Å². The van der Waals surface area contributed by atoms with Crippen LogP contribution in [0, 0.1) is 0 Å². The highest BCUT2D eigenvalue weighted by Gasteiger charge is 2.17. The van der Waals surface area contributed by atoms with Crippen LogP contribution >= 0.6 is 0 Å². The van der Waals surface area contributed by atoms with Crippen molar-refractivity contribution in [3.8, 4) is 67.3 Å². The van der Waals surface area contributed by atoms with E-state index in [9.17, 15) is 0 Å². The summed E-state index contributed by atoms with van der Waals surface area (Å²) in [5.74, 6) is 0.706. The maximum atomic E-state index is 5.26. The third-order valence-corrected chi connectivity index (χ3v) is 11.5. The molecule has 1 heterocycles. The minimum Gasteiger partial charge on any atom is -0.228 e. The minimum atomic E-state index is 0.706. The average Bonchev–Trinajstić information content (AvgIpc) is 3.31. The lowest BCUT2D eigenvalue weighted by molar-refractivity contribution is 1.19. The number of benzene rings is 10. The lowest BCUT2D eigenvalue weighted by Gasteiger charge is -2.16. The van der Waals surface area contributed by atoms with Crippen molar-refractivity contribution >= 4 is 43.1 Å². The molecule has 0 spiro atoms. The molecule has 1 aromatic heterocycles. The van der Waals surface area contributed by atoms with Crippen molar-refractivity contribution in [2.45, 2.75) is 0 Å². The number of hydrogen-bond acceptors (Lipinski definition) is 2. The van der Waals surface area contributed by atoms with Crippen LogP contribution in [0.15, 0.2) is 218 Å². The standard InChI is InChI=1S/C56H36N2/c1-3-13-37(14-4-1)38-23-27-42(28-24-38)54-36-53(41-16-5-2-6-17-41)57-56(58-54)51-34-33-46(48-21-11-12-22-49(48)51)40-25-29-43(30-26-40)55-47-20-10-8-18-44(47)35-52-45-19-9-7-15-39(45)31-32-50(52)55/h1-36H. The van der Waals surface area contributed by atoms with Gasteiger partial charge < -0.3 is 0 Å². The highest BCUT2D eigenvalue weighted by Crippen LogP contribution is 2.41. The molecule has 0 atom stereocenters. The van der Waals surface area contributed by atoms with Crippen molar-refractivity contribution in [2.75, 3.05) is 0 Å². The van der Waals surface area contributed by atoms with Crippen LogP contribution in [0.25, 0.3) is 110 Å². The molecule has 0 radical (unpaired) electrons. The van der Waals surface area contributed by atoms with E-state index >= 15 is 0 Å². The molecule has 0 N–H and O–H groups in total. The highest BCUT2D eigenvalue weighted by atomic mass is 14.9. The molecule has 11 aromatic rings. The van der Waals surface area contributed by atoms with Gasteiger partial charge in [-0.3, -0.25) is 0 Å². The first kappa shape index (κ1) is 33.6. The number of aromatic nitrogens is 2. The number of nitrogens with zero attached hydrogens (tertiary/aromatic N) is 2. The summed E-state index contributed by atoms with van der Waals surface area (Å²) in [6.45, 7) is 0. The van der Waals surface area contributed by atoms with Crippen LogP contribution in [0.3, 0.4) is 0 Å².